The molecule has 0 aromatic heterocycles. The van der Waals surface area contributed by atoms with E-state index in [0.29, 0.717) is 13.2 Å². The van der Waals surface area contributed by atoms with E-state index in [9.17, 15) is 0 Å². The first-order chi connectivity index (χ1) is 8.21. The molecule has 0 spiro atoms. The van der Waals surface area contributed by atoms with Crippen molar-refractivity contribution < 1.29 is 14.2 Å². The van der Waals surface area contributed by atoms with E-state index in [-0.39, 0.29) is 6.10 Å². The van der Waals surface area contributed by atoms with Crippen molar-refractivity contribution in [3.05, 3.63) is 23.8 Å². The first kappa shape index (κ1) is 13.8. The van der Waals surface area contributed by atoms with E-state index in [4.69, 9.17) is 19.9 Å². The Morgan fingerprint density at radius 3 is 2.65 bits per heavy atom. The molecule has 1 aromatic carbocycles. The minimum absolute atomic E-state index is 0.0721. The number of ether oxygens (including phenoxy) is 3. The minimum atomic E-state index is 0.0721. The average molecular weight is 239 g/mol. The maximum absolute atomic E-state index is 5.71. The van der Waals surface area contributed by atoms with E-state index < -0.39 is 0 Å². The van der Waals surface area contributed by atoms with Crippen LogP contribution in [0.25, 0.3) is 0 Å². The summed E-state index contributed by atoms with van der Waals surface area (Å²) in [5.41, 5.74) is 6.65. The van der Waals surface area contributed by atoms with Crippen LogP contribution in [-0.4, -0.2) is 33.5 Å². The fourth-order valence-corrected chi connectivity index (χ4v) is 1.45. The molecule has 1 aromatic rings. The second-order valence-corrected chi connectivity index (χ2v) is 3.87. The third-order valence-electron chi connectivity index (χ3n) is 2.56. The summed E-state index contributed by atoms with van der Waals surface area (Å²) in [4.78, 5) is 0. The van der Waals surface area contributed by atoms with Crippen molar-refractivity contribution in [2.75, 3.05) is 27.4 Å². The number of hydrogen-bond donors (Lipinski definition) is 1. The van der Waals surface area contributed by atoms with Gasteiger partial charge in [0.15, 0.2) is 0 Å². The molecule has 0 amide bonds. The van der Waals surface area contributed by atoms with Crippen molar-refractivity contribution in [1.29, 1.82) is 0 Å². The lowest BCUT2D eigenvalue weighted by Gasteiger charge is -2.15. The van der Waals surface area contributed by atoms with Gasteiger partial charge in [-0.25, -0.2) is 0 Å². The molecule has 0 radical (unpaired) electrons. The van der Waals surface area contributed by atoms with Gasteiger partial charge in [-0.2, -0.15) is 0 Å². The summed E-state index contributed by atoms with van der Waals surface area (Å²) in [7, 11) is 3.32. The molecule has 1 unspecified atom stereocenters. The second kappa shape index (κ2) is 7.14. The van der Waals surface area contributed by atoms with Crippen LogP contribution in [0.4, 0.5) is 0 Å². The zero-order valence-electron chi connectivity index (χ0n) is 10.7. The molecule has 1 rings (SSSR count). The van der Waals surface area contributed by atoms with Crippen molar-refractivity contribution in [3.63, 3.8) is 0 Å². The summed E-state index contributed by atoms with van der Waals surface area (Å²) in [5.74, 6) is 1.67. The summed E-state index contributed by atoms with van der Waals surface area (Å²) in [6.45, 7) is 3.08. The second-order valence-electron chi connectivity index (χ2n) is 3.87. The van der Waals surface area contributed by atoms with Gasteiger partial charge < -0.3 is 19.9 Å². The molecule has 1 atom stereocenters. The number of methoxy groups -OCH3 is 2. The van der Waals surface area contributed by atoms with Gasteiger partial charge in [-0.05, 0) is 43.7 Å². The van der Waals surface area contributed by atoms with Gasteiger partial charge in [0.05, 0.1) is 13.2 Å². The molecule has 0 aliphatic carbocycles. The van der Waals surface area contributed by atoms with Crippen LogP contribution in [0.1, 0.15) is 12.5 Å². The molecule has 0 heterocycles. The normalized spacial score (nSPS) is 12.2. The standard InChI is InChI=1S/C13H21NO3/c1-10(15-2)9-17-13-5-4-12(16-3)8-11(13)6-7-14/h4-5,8,10H,6-7,9,14H2,1-3H3. The summed E-state index contributed by atoms with van der Waals surface area (Å²) in [5, 5.41) is 0. The summed E-state index contributed by atoms with van der Waals surface area (Å²) in [6.07, 6.45) is 0.844. The van der Waals surface area contributed by atoms with Crippen molar-refractivity contribution in [3.8, 4) is 11.5 Å². The number of rotatable bonds is 7. The van der Waals surface area contributed by atoms with Crippen LogP contribution >= 0.6 is 0 Å². The maximum atomic E-state index is 5.71. The first-order valence-corrected chi connectivity index (χ1v) is 5.73. The molecule has 96 valence electrons. The fraction of sp³-hybridized carbons (Fsp3) is 0.538. The van der Waals surface area contributed by atoms with Crippen molar-refractivity contribution in [1.82, 2.24) is 0 Å². The quantitative estimate of drug-likeness (QED) is 0.785. The van der Waals surface area contributed by atoms with E-state index in [1.807, 2.05) is 25.1 Å². The zero-order chi connectivity index (χ0) is 12.7. The Morgan fingerprint density at radius 2 is 2.06 bits per heavy atom. The van der Waals surface area contributed by atoms with Crippen molar-refractivity contribution in [2.24, 2.45) is 5.73 Å². The van der Waals surface area contributed by atoms with Crippen LogP contribution in [0.5, 0.6) is 11.5 Å². The molecule has 0 aliphatic rings. The lowest BCUT2D eigenvalue weighted by molar-refractivity contribution is 0.0713. The lowest BCUT2D eigenvalue weighted by atomic mass is 10.1. The predicted octanol–water partition coefficient (Wildman–Crippen LogP) is 1.61. The summed E-state index contributed by atoms with van der Waals surface area (Å²) >= 11 is 0. The van der Waals surface area contributed by atoms with Crippen LogP contribution in [-0.2, 0) is 11.2 Å². The predicted molar refractivity (Wildman–Crippen MR) is 67.7 cm³/mol. The Bertz CT molecular complexity index is 341. The van der Waals surface area contributed by atoms with Gasteiger partial charge in [0.2, 0.25) is 0 Å². The molecule has 2 N–H and O–H groups in total. The Labute approximate surface area is 103 Å². The van der Waals surface area contributed by atoms with Gasteiger partial charge in [0.25, 0.3) is 0 Å². The van der Waals surface area contributed by atoms with Gasteiger partial charge in [0.1, 0.15) is 18.1 Å². The molecule has 0 aliphatic heterocycles. The van der Waals surface area contributed by atoms with Crippen molar-refractivity contribution in [2.45, 2.75) is 19.4 Å². The number of nitrogens with two attached hydrogens (primary N) is 1. The van der Waals surface area contributed by atoms with E-state index in [0.717, 1.165) is 23.5 Å². The topological polar surface area (TPSA) is 53.7 Å². The van der Waals surface area contributed by atoms with Gasteiger partial charge in [-0.15, -0.1) is 0 Å². The molecular weight excluding hydrogens is 218 g/mol. The highest BCUT2D eigenvalue weighted by Crippen LogP contribution is 2.24. The zero-order valence-corrected chi connectivity index (χ0v) is 10.7. The van der Waals surface area contributed by atoms with Crippen LogP contribution in [0.2, 0.25) is 0 Å². The highest BCUT2D eigenvalue weighted by molar-refractivity contribution is 5.40. The smallest absolute Gasteiger partial charge is 0.122 e. The Hall–Kier alpha value is -1.26. The molecule has 0 fully saturated rings. The number of benzene rings is 1. The molecule has 0 saturated carbocycles. The van der Waals surface area contributed by atoms with E-state index >= 15 is 0 Å². The Morgan fingerprint density at radius 1 is 1.29 bits per heavy atom. The highest BCUT2D eigenvalue weighted by Gasteiger charge is 2.07. The van der Waals surface area contributed by atoms with E-state index in [1.165, 1.54) is 0 Å². The van der Waals surface area contributed by atoms with Crippen LogP contribution in [0.15, 0.2) is 18.2 Å². The van der Waals surface area contributed by atoms with Crippen LogP contribution < -0.4 is 15.2 Å². The van der Waals surface area contributed by atoms with Gasteiger partial charge in [-0.3, -0.25) is 0 Å². The lowest BCUT2D eigenvalue weighted by Crippen LogP contribution is -2.17. The van der Waals surface area contributed by atoms with Crippen LogP contribution in [0, 0.1) is 0 Å². The molecule has 0 saturated heterocycles. The Balaban J connectivity index is 2.75. The maximum Gasteiger partial charge on any atom is 0.122 e. The summed E-state index contributed by atoms with van der Waals surface area (Å²) in [6, 6.07) is 5.75. The largest absolute Gasteiger partial charge is 0.497 e. The fourth-order valence-electron chi connectivity index (χ4n) is 1.45. The third kappa shape index (κ3) is 4.24. The molecule has 4 heteroatoms. The Kier molecular flexibility index (Phi) is 5.80. The molecule has 0 bridgehead atoms. The SMILES string of the molecule is COc1ccc(OCC(C)OC)c(CCN)c1. The van der Waals surface area contributed by atoms with Gasteiger partial charge in [0, 0.05) is 7.11 Å². The van der Waals surface area contributed by atoms with Crippen LogP contribution in [0.3, 0.4) is 0 Å². The molecular formula is C13H21NO3. The monoisotopic (exact) mass is 239 g/mol. The minimum Gasteiger partial charge on any atom is -0.497 e. The average Bonchev–Trinajstić information content (AvgIpc) is 2.37. The summed E-state index contributed by atoms with van der Waals surface area (Å²) < 4.78 is 16.0. The van der Waals surface area contributed by atoms with Gasteiger partial charge >= 0.3 is 0 Å². The van der Waals surface area contributed by atoms with E-state index in [2.05, 4.69) is 0 Å². The van der Waals surface area contributed by atoms with E-state index in [1.54, 1.807) is 14.2 Å². The highest BCUT2D eigenvalue weighted by atomic mass is 16.5. The molecule has 4 nitrogen and oxygen atoms in total. The molecule has 17 heavy (non-hydrogen) atoms. The van der Waals surface area contributed by atoms with Gasteiger partial charge in [-0.1, -0.05) is 0 Å². The van der Waals surface area contributed by atoms with Crippen molar-refractivity contribution >= 4 is 0 Å². The third-order valence-corrected chi connectivity index (χ3v) is 2.56. The first-order valence-electron chi connectivity index (χ1n) is 5.73. The number of hydrogen-bond acceptors (Lipinski definition) is 4.